The minimum absolute atomic E-state index is 0.0138. The Morgan fingerprint density at radius 1 is 1.04 bits per heavy atom. The number of likely N-dealkylation sites (tertiary alicyclic amines) is 1. The quantitative estimate of drug-likeness (QED) is 0.893. The van der Waals surface area contributed by atoms with Gasteiger partial charge in [-0.25, -0.2) is 0 Å². The molecule has 6 nitrogen and oxygen atoms in total. The van der Waals surface area contributed by atoms with Crippen molar-refractivity contribution in [3.63, 3.8) is 0 Å². The standard InChI is InChI=1S/C21H27N3O3/c1-15-7-8-16(2)24(15)18-6-4-3-5-17(18)21(26)23-13-19(20(25)14-23)22-9-11-27-12-10-22/h3-8,19-20,25H,9-14H2,1-2H3/t19-,20-/m0/s1. The van der Waals surface area contributed by atoms with E-state index < -0.39 is 6.10 Å². The van der Waals surface area contributed by atoms with Crippen molar-refractivity contribution in [1.29, 1.82) is 0 Å². The molecule has 0 aliphatic carbocycles. The molecule has 0 unspecified atom stereocenters. The zero-order chi connectivity index (χ0) is 19.0. The largest absolute Gasteiger partial charge is 0.390 e. The Bertz CT molecular complexity index is 806. The highest BCUT2D eigenvalue weighted by molar-refractivity contribution is 5.98. The molecule has 1 N–H and O–H groups in total. The molecular formula is C21H27N3O3. The predicted octanol–water partition coefficient (Wildman–Crippen LogP) is 1.61. The highest BCUT2D eigenvalue weighted by Gasteiger charge is 2.38. The van der Waals surface area contributed by atoms with Crippen LogP contribution in [-0.2, 0) is 4.74 Å². The van der Waals surface area contributed by atoms with E-state index in [2.05, 4.69) is 21.6 Å². The third-order valence-corrected chi connectivity index (χ3v) is 5.71. The maximum absolute atomic E-state index is 13.3. The van der Waals surface area contributed by atoms with Gasteiger partial charge in [-0.15, -0.1) is 0 Å². The fraction of sp³-hybridized carbons (Fsp3) is 0.476. The zero-order valence-electron chi connectivity index (χ0n) is 16.0. The van der Waals surface area contributed by atoms with Crippen molar-refractivity contribution in [2.75, 3.05) is 39.4 Å². The molecule has 1 aromatic carbocycles. The Kier molecular flexibility index (Phi) is 5.04. The second-order valence-corrected chi connectivity index (χ2v) is 7.46. The van der Waals surface area contributed by atoms with Crippen LogP contribution in [0.3, 0.4) is 0 Å². The van der Waals surface area contributed by atoms with Crippen LogP contribution in [0.25, 0.3) is 5.69 Å². The van der Waals surface area contributed by atoms with Gasteiger partial charge in [0.2, 0.25) is 0 Å². The lowest BCUT2D eigenvalue weighted by Crippen LogP contribution is -2.49. The molecular weight excluding hydrogens is 342 g/mol. The molecule has 0 bridgehead atoms. The first-order valence-corrected chi connectivity index (χ1v) is 9.60. The van der Waals surface area contributed by atoms with Crippen LogP contribution >= 0.6 is 0 Å². The van der Waals surface area contributed by atoms with E-state index in [0.717, 1.165) is 30.2 Å². The second kappa shape index (κ2) is 7.46. The molecule has 2 fully saturated rings. The molecule has 2 saturated heterocycles. The van der Waals surface area contributed by atoms with Gasteiger partial charge in [0.05, 0.1) is 36.6 Å². The highest BCUT2D eigenvalue weighted by Crippen LogP contribution is 2.25. The smallest absolute Gasteiger partial charge is 0.256 e. The summed E-state index contributed by atoms with van der Waals surface area (Å²) in [5.41, 5.74) is 3.77. The van der Waals surface area contributed by atoms with E-state index in [9.17, 15) is 9.90 Å². The average molecular weight is 369 g/mol. The number of ether oxygens (including phenoxy) is 1. The van der Waals surface area contributed by atoms with Crippen LogP contribution in [0, 0.1) is 13.8 Å². The van der Waals surface area contributed by atoms with Gasteiger partial charge in [0.1, 0.15) is 0 Å². The number of amides is 1. The van der Waals surface area contributed by atoms with E-state index in [0.29, 0.717) is 31.9 Å². The lowest BCUT2D eigenvalue weighted by Gasteiger charge is -2.33. The highest BCUT2D eigenvalue weighted by atomic mass is 16.5. The first kappa shape index (κ1) is 18.2. The van der Waals surface area contributed by atoms with Gasteiger partial charge < -0.3 is 19.3 Å². The Morgan fingerprint density at radius 3 is 2.41 bits per heavy atom. The van der Waals surface area contributed by atoms with Gasteiger partial charge in [-0.1, -0.05) is 12.1 Å². The number of rotatable bonds is 3. The number of aliphatic hydroxyl groups is 1. The van der Waals surface area contributed by atoms with Crippen molar-refractivity contribution in [3.8, 4) is 5.69 Å². The summed E-state index contributed by atoms with van der Waals surface area (Å²) < 4.78 is 7.52. The maximum atomic E-state index is 13.3. The van der Waals surface area contributed by atoms with Gasteiger partial charge in [-0.3, -0.25) is 9.69 Å². The molecule has 4 rings (SSSR count). The van der Waals surface area contributed by atoms with Crippen molar-refractivity contribution in [2.45, 2.75) is 26.0 Å². The van der Waals surface area contributed by atoms with Gasteiger partial charge in [-0.05, 0) is 38.1 Å². The van der Waals surface area contributed by atoms with Crippen LogP contribution in [0.1, 0.15) is 21.7 Å². The summed E-state index contributed by atoms with van der Waals surface area (Å²) >= 11 is 0. The van der Waals surface area contributed by atoms with Crippen LogP contribution in [0.4, 0.5) is 0 Å². The molecule has 3 heterocycles. The molecule has 2 aromatic rings. The number of para-hydroxylation sites is 1. The second-order valence-electron chi connectivity index (χ2n) is 7.46. The van der Waals surface area contributed by atoms with E-state index in [1.54, 1.807) is 4.90 Å². The summed E-state index contributed by atoms with van der Waals surface area (Å²) in [6.07, 6.45) is -0.519. The lowest BCUT2D eigenvalue weighted by molar-refractivity contribution is -0.00611. The maximum Gasteiger partial charge on any atom is 0.256 e. The van der Waals surface area contributed by atoms with Crippen LogP contribution in [-0.4, -0.2) is 76.9 Å². The molecule has 2 atom stereocenters. The topological polar surface area (TPSA) is 57.9 Å². The van der Waals surface area contributed by atoms with Gasteiger partial charge >= 0.3 is 0 Å². The van der Waals surface area contributed by atoms with Crippen LogP contribution in [0.15, 0.2) is 36.4 Å². The Balaban J connectivity index is 1.59. The number of benzene rings is 1. The number of carbonyl (C=O) groups excluding carboxylic acids is 1. The summed E-state index contributed by atoms with van der Waals surface area (Å²) in [5.74, 6) is -0.0205. The fourth-order valence-corrected chi connectivity index (χ4v) is 4.27. The number of nitrogens with zero attached hydrogens (tertiary/aromatic N) is 3. The monoisotopic (exact) mass is 369 g/mol. The summed E-state index contributed by atoms with van der Waals surface area (Å²) in [4.78, 5) is 17.4. The normalized spacial score (nSPS) is 23.7. The number of β-amino-alcohol motifs (C(OH)–C–C–N with tert-alkyl or cyclic N) is 1. The van der Waals surface area contributed by atoms with Gasteiger partial charge in [-0.2, -0.15) is 0 Å². The number of carbonyl (C=O) groups is 1. The van der Waals surface area contributed by atoms with Crippen molar-refractivity contribution in [1.82, 2.24) is 14.4 Å². The predicted molar refractivity (Wildman–Crippen MR) is 103 cm³/mol. The fourth-order valence-electron chi connectivity index (χ4n) is 4.27. The number of hydrogen-bond acceptors (Lipinski definition) is 4. The molecule has 1 aromatic heterocycles. The minimum atomic E-state index is -0.519. The van der Waals surface area contributed by atoms with E-state index in [1.807, 2.05) is 38.1 Å². The minimum Gasteiger partial charge on any atom is -0.390 e. The lowest BCUT2D eigenvalue weighted by atomic mass is 10.1. The summed E-state index contributed by atoms with van der Waals surface area (Å²) in [7, 11) is 0. The van der Waals surface area contributed by atoms with Crippen molar-refractivity contribution in [3.05, 3.63) is 53.3 Å². The molecule has 27 heavy (non-hydrogen) atoms. The van der Waals surface area contributed by atoms with Gasteiger partial charge in [0.15, 0.2) is 0 Å². The van der Waals surface area contributed by atoms with Crippen molar-refractivity contribution < 1.29 is 14.6 Å². The summed E-state index contributed by atoms with van der Waals surface area (Å²) in [6.45, 7) is 8.00. The Hall–Kier alpha value is -2.15. The average Bonchev–Trinajstić information content (AvgIpc) is 3.24. The van der Waals surface area contributed by atoms with Crippen LogP contribution in [0.2, 0.25) is 0 Å². The number of morpholine rings is 1. The molecule has 2 aliphatic rings. The summed E-state index contributed by atoms with van der Waals surface area (Å²) in [5, 5.41) is 10.6. The third kappa shape index (κ3) is 3.40. The van der Waals surface area contributed by atoms with E-state index in [-0.39, 0.29) is 11.9 Å². The Labute approximate surface area is 159 Å². The first-order valence-electron chi connectivity index (χ1n) is 9.60. The molecule has 0 radical (unpaired) electrons. The van der Waals surface area contributed by atoms with Gasteiger partial charge in [0.25, 0.3) is 5.91 Å². The molecule has 2 aliphatic heterocycles. The number of aryl methyl sites for hydroxylation is 2. The molecule has 6 heteroatoms. The molecule has 144 valence electrons. The first-order chi connectivity index (χ1) is 13.1. The number of aliphatic hydroxyl groups excluding tert-OH is 1. The molecule has 0 spiro atoms. The molecule has 1 amide bonds. The van der Waals surface area contributed by atoms with Crippen molar-refractivity contribution >= 4 is 5.91 Å². The summed E-state index contributed by atoms with van der Waals surface area (Å²) in [6, 6.07) is 11.8. The van der Waals surface area contributed by atoms with E-state index in [1.165, 1.54) is 0 Å². The third-order valence-electron chi connectivity index (χ3n) is 5.71. The molecule has 0 saturated carbocycles. The number of aromatic nitrogens is 1. The van der Waals surface area contributed by atoms with Gasteiger partial charge in [0, 0.05) is 37.6 Å². The van der Waals surface area contributed by atoms with Crippen LogP contribution in [0.5, 0.6) is 0 Å². The Morgan fingerprint density at radius 2 is 1.70 bits per heavy atom. The van der Waals surface area contributed by atoms with E-state index in [4.69, 9.17) is 4.74 Å². The van der Waals surface area contributed by atoms with Crippen LogP contribution < -0.4 is 0 Å². The zero-order valence-corrected chi connectivity index (χ0v) is 16.0. The van der Waals surface area contributed by atoms with E-state index >= 15 is 0 Å². The number of hydrogen-bond donors (Lipinski definition) is 1. The van der Waals surface area contributed by atoms with Crippen molar-refractivity contribution in [2.24, 2.45) is 0 Å². The SMILES string of the molecule is Cc1ccc(C)n1-c1ccccc1C(=O)N1C[C@H](O)[C@@H](N2CCOCC2)C1.